The molecular formula is C31H43BN4O5. The van der Waals surface area contributed by atoms with Gasteiger partial charge >= 0.3 is 13.2 Å². The van der Waals surface area contributed by atoms with Crippen molar-refractivity contribution in [2.75, 3.05) is 31.6 Å². The van der Waals surface area contributed by atoms with Gasteiger partial charge in [0.05, 0.1) is 36.6 Å². The third-order valence-electron chi connectivity index (χ3n) is 8.38. The van der Waals surface area contributed by atoms with Gasteiger partial charge in [-0.3, -0.25) is 4.68 Å². The van der Waals surface area contributed by atoms with Crippen LogP contribution in [0.1, 0.15) is 61.0 Å². The summed E-state index contributed by atoms with van der Waals surface area (Å²) in [6, 6.07) is 12.3. The van der Waals surface area contributed by atoms with Crippen LogP contribution in [0.25, 0.3) is 10.9 Å². The summed E-state index contributed by atoms with van der Waals surface area (Å²) in [5, 5.41) is 5.86. The third-order valence-corrected chi connectivity index (χ3v) is 8.38. The number of benzene rings is 2. The van der Waals surface area contributed by atoms with Gasteiger partial charge in [-0.25, -0.2) is 4.79 Å². The Morgan fingerprint density at radius 1 is 1.07 bits per heavy atom. The second-order valence-corrected chi connectivity index (χ2v) is 13.2. The van der Waals surface area contributed by atoms with Crippen LogP contribution >= 0.6 is 0 Å². The Bertz CT molecular complexity index is 1400. The molecule has 1 unspecified atom stereocenters. The predicted molar refractivity (Wildman–Crippen MR) is 162 cm³/mol. The summed E-state index contributed by atoms with van der Waals surface area (Å²) in [6.07, 6.45) is 1.67. The van der Waals surface area contributed by atoms with Gasteiger partial charge in [0.15, 0.2) is 0 Å². The average Bonchev–Trinajstić information content (AvgIpc) is 3.38. The molecule has 41 heavy (non-hydrogen) atoms. The third kappa shape index (κ3) is 5.90. The number of rotatable bonds is 5. The molecule has 0 radical (unpaired) electrons. The molecule has 2 aliphatic rings. The summed E-state index contributed by atoms with van der Waals surface area (Å²) >= 11 is 0. The largest absolute Gasteiger partial charge is 0.497 e. The first-order valence-electron chi connectivity index (χ1n) is 14.4. The summed E-state index contributed by atoms with van der Waals surface area (Å²) in [4.78, 5) is 17.0. The summed E-state index contributed by atoms with van der Waals surface area (Å²) < 4.78 is 26.0. The minimum Gasteiger partial charge on any atom is -0.497 e. The summed E-state index contributed by atoms with van der Waals surface area (Å²) in [5.41, 5.74) is 2.69. The molecule has 0 saturated carbocycles. The van der Waals surface area contributed by atoms with Gasteiger partial charge in [0.1, 0.15) is 11.4 Å². The lowest BCUT2D eigenvalue weighted by Crippen LogP contribution is -2.55. The van der Waals surface area contributed by atoms with Crippen molar-refractivity contribution in [3.63, 3.8) is 0 Å². The van der Waals surface area contributed by atoms with E-state index in [1.807, 2.05) is 48.7 Å². The lowest BCUT2D eigenvalue weighted by atomic mass is 9.78. The fourth-order valence-electron chi connectivity index (χ4n) is 5.35. The normalized spacial score (nSPS) is 20.5. The molecule has 0 N–H and O–H groups in total. The van der Waals surface area contributed by atoms with Gasteiger partial charge < -0.3 is 28.6 Å². The molecule has 5 rings (SSSR count). The van der Waals surface area contributed by atoms with Crippen molar-refractivity contribution < 1.29 is 23.6 Å². The van der Waals surface area contributed by atoms with E-state index in [2.05, 4.69) is 63.8 Å². The van der Waals surface area contributed by atoms with Crippen LogP contribution in [-0.2, 0) is 20.6 Å². The molecule has 1 aromatic heterocycles. The highest BCUT2D eigenvalue weighted by atomic mass is 16.7. The molecule has 9 nitrogen and oxygen atoms in total. The number of ether oxygens (including phenoxy) is 2. The Morgan fingerprint density at radius 2 is 1.73 bits per heavy atom. The fourth-order valence-corrected chi connectivity index (χ4v) is 5.35. The van der Waals surface area contributed by atoms with E-state index in [4.69, 9.17) is 23.9 Å². The molecule has 0 aliphatic carbocycles. The summed E-state index contributed by atoms with van der Waals surface area (Å²) in [7, 11) is 1.16. The molecule has 2 saturated heterocycles. The van der Waals surface area contributed by atoms with E-state index in [-0.39, 0.29) is 12.1 Å². The predicted octanol–water partition coefficient (Wildman–Crippen LogP) is 4.84. The number of carbonyl (C=O) groups is 1. The number of methoxy groups -OCH3 is 1. The zero-order valence-electron chi connectivity index (χ0n) is 25.9. The van der Waals surface area contributed by atoms with Crippen molar-refractivity contribution >= 4 is 35.3 Å². The van der Waals surface area contributed by atoms with Crippen molar-refractivity contribution in [1.29, 1.82) is 0 Å². The smallest absolute Gasteiger partial charge is 0.494 e. The van der Waals surface area contributed by atoms with E-state index in [1.54, 1.807) is 7.11 Å². The van der Waals surface area contributed by atoms with E-state index in [1.165, 1.54) is 0 Å². The number of hydrogen-bond donors (Lipinski definition) is 0. The first-order chi connectivity index (χ1) is 19.2. The molecule has 10 heteroatoms. The molecule has 220 valence electrons. The topological polar surface area (TPSA) is 78.3 Å². The highest BCUT2D eigenvalue weighted by Gasteiger charge is 2.52. The molecule has 2 aromatic carbocycles. The monoisotopic (exact) mass is 562 g/mol. The van der Waals surface area contributed by atoms with E-state index in [0.29, 0.717) is 26.2 Å². The number of aromatic nitrogens is 2. The zero-order valence-corrected chi connectivity index (χ0v) is 25.9. The second-order valence-electron chi connectivity index (χ2n) is 13.2. The Balaban J connectivity index is 1.50. The fraction of sp³-hybridized carbons (Fsp3) is 0.548. The minimum absolute atomic E-state index is 0.0245. The lowest BCUT2D eigenvalue weighted by molar-refractivity contribution is 0.00578. The lowest BCUT2D eigenvalue weighted by Gasteiger charge is -2.41. The van der Waals surface area contributed by atoms with Crippen LogP contribution in [0.5, 0.6) is 5.75 Å². The number of carbonyl (C=O) groups excluding carboxylic acids is 1. The van der Waals surface area contributed by atoms with Gasteiger partial charge in [-0.15, -0.1) is 0 Å². The van der Waals surface area contributed by atoms with Gasteiger partial charge in [0.25, 0.3) is 0 Å². The van der Waals surface area contributed by atoms with Crippen molar-refractivity contribution in [3.8, 4) is 5.75 Å². The molecule has 3 heterocycles. The van der Waals surface area contributed by atoms with E-state index < -0.39 is 23.9 Å². The first kappa shape index (κ1) is 29.3. The Hall–Kier alpha value is -3.24. The Labute approximate surface area is 243 Å². The number of nitrogens with zero attached hydrogens (tertiary/aromatic N) is 4. The molecule has 3 aromatic rings. The summed E-state index contributed by atoms with van der Waals surface area (Å²) in [6.45, 7) is 18.6. The number of piperazine rings is 1. The van der Waals surface area contributed by atoms with E-state index in [9.17, 15) is 4.79 Å². The maximum absolute atomic E-state index is 12.9. The standard InChI is InChI=1S/C31H43BN4O5/c1-21-19-34(14-15-35(21)28(37)39-29(2,3)4)26-16-23(32-40-30(5,6)31(7,8)41-32)17-27-25(26)18-33-36(27)20-22-10-12-24(38-9)13-11-22/h10-13,16-18,21H,14-15,19-20H2,1-9H3. The number of anilines is 1. The maximum atomic E-state index is 12.9. The van der Waals surface area contributed by atoms with E-state index >= 15 is 0 Å². The quantitative estimate of drug-likeness (QED) is 0.412. The van der Waals surface area contributed by atoms with Gasteiger partial charge in [-0.2, -0.15) is 5.10 Å². The maximum Gasteiger partial charge on any atom is 0.494 e. The van der Waals surface area contributed by atoms with Crippen LogP contribution in [0.15, 0.2) is 42.6 Å². The van der Waals surface area contributed by atoms with E-state index in [0.717, 1.165) is 33.4 Å². The van der Waals surface area contributed by atoms with Crippen LogP contribution in [0.3, 0.4) is 0 Å². The minimum atomic E-state index is -0.532. The SMILES string of the molecule is COc1ccc(Cn2ncc3c(N4CCN(C(=O)OC(C)(C)C)C(C)C4)cc(B4OC(C)(C)C(C)(C)O4)cc32)cc1. The van der Waals surface area contributed by atoms with Gasteiger partial charge in [0, 0.05) is 36.7 Å². The Morgan fingerprint density at radius 3 is 2.32 bits per heavy atom. The number of fused-ring (bicyclic) bond motifs is 1. The van der Waals surface area contributed by atoms with Crippen molar-refractivity contribution in [2.24, 2.45) is 0 Å². The summed E-state index contributed by atoms with van der Waals surface area (Å²) in [5.74, 6) is 0.823. The highest BCUT2D eigenvalue weighted by Crippen LogP contribution is 2.37. The van der Waals surface area contributed by atoms with Crippen molar-refractivity contribution in [2.45, 2.75) is 84.8 Å². The molecule has 0 spiro atoms. The van der Waals surface area contributed by atoms with Gasteiger partial charge in [0.2, 0.25) is 0 Å². The van der Waals surface area contributed by atoms with Crippen LogP contribution < -0.4 is 15.1 Å². The highest BCUT2D eigenvalue weighted by molar-refractivity contribution is 6.62. The molecular weight excluding hydrogens is 519 g/mol. The molecule has 0 bridgehead atoms. The van der Waals surface area contributed by atoms with Crippen LogP contribution in [0, 0.1) is 0 Å². The van der Waals surface area contributed by atoms with Crippen LogP contribution in [0.4, 0.5) is 10.5 Å². The zero-order chi connectivity index (χ0) is 29.7. The van der Waals surface area contributed by atoms with Crippen molar-refractivity contribution in [1.82, 2.24) is 14.7 Å². The molecule has 1 atom stereocenters. The average molecular weight is 563 g/mol. The first-order valence-corrected chi connectivity index (χ1v) is 14.4. The van der Waals surface area contributed by atoms with Crippen LogP contribution in [-0.4, -0.2) is 77.5 Å². The molecule has 2 aliphatic heterocycles. The number of amides is 1. The Kier molecular flexibility index (Phi) is 7.53. The van der Waals surface area contributed by atoms with Gasteiger partial charge in [-0.05, 0) is 90.7 Å². The van der Waals surface area contributed by atoms with Crippen LogP contribution in [0.2, 0.25) is 0 Å². The molecule has 2 fully saturated rings. The second kappa shape index (κ2) is 10.5. The van der Waals surface area contributed by atoms with Gasteiger partial charge in [-0.1, -0.05) is 12.1 Å². The molecule has 1 amide bonds. The number of hydrogen-bond acceptors (Lipinski definition) is 7. The van der Waals surface area contributed by atoms with Crippen molar-refractivity contribution in [3.05, 3.63) is 48.2 Å².